The van der Waals surface area contributed by atoms with Crippen molar-refractivity contribution in [2.45, 2.75) is 31.7 Å². The van der Waals surface area contributed by atoms with Gasteiger partial charge < -0.3 is 15.8 Å². The molecule has 3 N–H and O–H groups in total. The molecule has 0 aliphatic heterocycles. The lowest BCUT2D eigenvalue weighted by atomic mass is 10.2. The van der Waals surface area contributed by atoms with Gasteiger partial charge in [0.2, 0.25) is 0 Å². The molecular formula is C23H27Cl3N4O. The zero-order valence-electron chi connectivity index (χ0n) is 17.1. The Balaban J connectivity index is 0.00000171. The SMILES string of the molecule is Cl.Cl.NC(=NC1CCCC1)c1ccc(OCCNc2ccnc3cc(Cl)ccc23)cc1. The molecule has 0 saturated heterocycles. The topological polar surface area (TPSA) is 72.5 Å². The Bertz CT molecular complexity index is 1010. The second-order valence-corrected chi connectivity index (χ2v) is 7.71. The number of nitrogens with zero attached hydrogens (tertiary/aromatic N) is 2. The van der Waals surface area contributed by atoms with Gasteiger partial charge in [-0.15, -0.1) is 24.8 Å². The van der Waals surface area contributed by atoms with Gasteiger partial charge in [-0.05, 0) is 61.4 Å². The number of benzene rings is 2. The number of nitrogens with two attached hydrogens (primary N) is 1. The van der Waals surface area contributed by atoms with E-state index in [-0.39, 0.29) is 24.8 Å². The van der Waals surface area contributed by atoms with E-state index in [2.05, 4.69) is 15.3 Å². The Morgan fingerprint density at radius 1 is 1.10 bits per heavy atom. The molecule has 1 aliphatic rings. The molecule has 3 aromatic rings. The first-order chi connectivity index (χ1) is 14.2. The normalized spacial score (nSPS) is 14.0. The van der Waals surface area contributed by atoms with E-state index in [9.17, 15) is 0 Å². The van der Waals surface area contributed by atoms with Crippen LogP contribution in [0, 0.1) is 0 Å². The quantitative estimate of drug-likeness (QED) is 0.251. The molecule has 1 aliphatic carbocycles. The van der Waals surface area contributed by atoms with Gasteiger partial charge in [-0.1, -0.05) is 24.4 Å². The molecule has 1 saturated carbocycles. The number of halogens is 3. The third kappa shape index (κ3) is 6.63. The van der Waals surface area contributed by atoms with Crippen molar-refractivity contribution in [1.29, 1.82) is 0 Å². The first-order valence-electron chi connectivity index (χ1n) is 10.0. The molecule has 0 unspecified atom stereocenters. The number of pyridine rings is 1. The monoisotopic (exact) mass is 480 g/mol. The highest BCUT2D eigenvalue weighted by molar-refractivity contribution is 6.31. The standard InChI is InChI=1S/C23H25ClN4O.2ClH/c24-17-7-10-20-21(11-12-26-22(20)15-17)27-13-14-29-19-8-5-16(6-9-19)23(25)28-18-3-1-2-4-18;;/h5-12,15,18H,1-4,13-14H2,(H2,25,28)(H,26,27);2*1H. The van der Waals surface area contributed by atoms with E-state index >= 15 is 0 Å². The molecule has 1 fully saturated rings. The third-order valence-corrected chi connectivity index (χ3v) is 5.42. The van der Waals surface area contributed by atoms with Gasteiger partial charge in [-0.2, -0.15) is 0 Å². The molecule has 0 atom stereocenters. The number of aromatic nitrogens is 1. The van der Waals surface area contributed by atoms with E-state index < -0.39 is 0 Å². The Labute approximate surface area is 200 Å². The van der Waals surface area contributed by atoms with Crippen LogP contribution in [0.3, 0.4) is 0 Å². The number of fused-ring (bicyclic) bond motifs is 1. The number of ether oxygens (including phenoxy) is 1. The van der Waals surface area contributed by atoms with E-state index in [0.717, 1.165) is 40.7 Å². The smallest absolute Gasteiger partial charge is 0.125 e. The summed E-state index contributed by atoms with van der Waals surface area (Å²) in [6.07, 6.45) is 6.58. The van der Waals surface area contributed by atoms with Crippen LogP contribution in [0.15, 0.2) is 59.7 Å². The number of amidine groups is 1. The minimum Gasteiger partial charge on any atom is -0.492 e. The van der Waals surface area contributed by atoms with Gasteiger partial charge in [0, 0.05) is 34.4 Å². The van der Waals surface area contributed by atoms with E-state index in [1.807, 2.05) is 48.5 Å². The highest BCUT2D eigenvalue weighted by Gasteiger charge is 2.14. The first-order valence-corrected chi connectivity index (χ1v) is 10.4. The minimum atomic E-state index is 0. The Morgan fingerprint density at radius 3 is 2.58 bits per heavy atom. The average Bonchev–Trinajstić information content (AvgIpc) is 3.24. The first kappa shape index (κ1) is 25.1. The summed E-state index contributed by atoms with van der Waals surface area (Å²) in [5.41, 5.74) is 8.99. The van der Waals surface area contributed by atoms with Crippen LogP contribution in [0.4, 0.5) is 5.69 Å². The summed E-state index contributed by atoms with van der Waals surface area (Å²) >= 11 is 6.04. The van der Waals surface area contributed by atoms with Crippen LogP contribution in [0.2, 0.25) is 5.02 Å². The van der Waals surface area contributed by atoms with Gasteiger partial charge in [0.05, 0.1) is 11.6 Å². The number of aliphatic imine (C=N–C) groups is 1. The maximum Gasteiger partial charge on any atom is 0.125 e. The summed E-state index contributed by atoms with van der Waals surface area (Å²) in [5, 5.41) is 5.12. The fourth-order valence-corrected chi connectivity index (χ4v) is 3.82. The lowest BCUT2D eigenvalue weighted by Gasteiger charge is -2.11. The number of anilines is 1. The summed E-state index contributed by atoms with van der Waals surface area (Å²) in [5.74, 6) is 1.44. The minimum absolute atomic E-state index is 0. The fraction of sp³-hybridized carbons (Fsp3) is 0.304. The molecule has 1 aromatic heterocycles. The Kier molecular flexibility index (Phi) is 9.69. The van der Waals surface area contributed by atoms with E-state index in [0.29, 0.717) is 30.1 Å². The predicted molar refractivity (Wildman–Crippen MR) is 135 cm³/mol. The summed E-state index contributed by atoms with van der Waals surface area (Å²) in [4.78, 5) is 9.00. The summed E-state index contributed by atoms with van der Waals surface area (Å²) < 4.78 is 5.85. The highest BCUT2D eigenvalue weighted by Crippen LogP contribution is 2.24. The van der Waals surface area contributed by atoms with E-state index in [4.69, 9.17) is 22.1 Å². The zero-order chi connectivity index (χ0) is 20.1. The van der Waals surface area contributed by atoms with Gasteiger partial charge in [0.25, 0.3) is 0 Å². The molecule has 0 radical (unpaired) electrons. The fourth-order valence-electron chi connectivity index (χ4n) is 3.66. The molecule has 4 rings (SSSR count). The lowest BCUT2D eigenvalue weighted by Crippen LogP contribution is -2.16. The second-order valence-electron chi connectivity index (χ2n) is 7.27. The Hall–Kier alpha value is -2.21. The second kappa shape index (κ2) is 12.0. The maximum atomic E-state index is 6.15. The van der Waals surface area contributed by atoms with Crippen molar-refractivity contribution in [2.24, 2.45) is 10.7 Å². The van der Waals surface area contributed by atoms with Crippen LogP contribution >= 0.6 is 36.4 Å². The molecule has 166 valence electrons. The molecular weight excluding hydrogens is 455 g/mol. The highest BCUT2D eigenvalue weighted by atomic mass is 35.5. The predicted octanol–water partition coefficient (Wildman–Crippen LogP) is 5.87. The molecule has 5 nitrogen and oxygen atoms in total. The lowest BCUT2D eigenvalue weighted by molar-refractivity contribution is 0.333. The number of hydrogen-bond donors (Lipinski definition) is 2. The van der Waals surface area contributed by atoms with Crippen LogP contribution < -0.4 is 15.8 Å². The van der Waals surface area contributed by atoms with Crippen LogP contribution in [0.5, 0.6) is 5.75 Å². The van der Waals surface area contributed by atoms with Crippen LogP contribution in [0.1, 0.15) is 31.2 Å². The molecule has 0 spiro atoms. The molecule has 1 heterocycles. The summed E-state index contributed by atoms with van der Waals surface area (Å²) in [7, 11) is 0. The largest absolute Gasteiger partial charge is 0.492 e. The Morgan fingerprint density at radius 2 is 1.84 bits per heavy atom. The zero-order valence-corrected chi connectivity index (χ0v) is 19.5. The molecule has 2 aromatic carbocycles. The third-order valence-electron chi connectivity index (χ3n) is 5.19. The number of hydrogen-bond acceptors (Lipinski definition) is 4. The van der Waals surface area contributed by atoms with Crippen molar-refractivity contribution in [3.05, 3.63) is 65.3 Å². The number of nitrogens with one attached hydrogen (secondary N) is 1. The van der Waals surface area contributed by atoms with Crippen LogP contribution in [-0.2, 0) is 0 Å². The average molecular weight is 482 g/mol. The molecule has 0 bridgehead atoms. The van der Waals surface area contributed by atoms with Crippen molar-refractivity contribution in [3.63, 3.8) is 0 Å². The maximum absolute atomic E-state index is 6.15. The van der Waals surface area contributed by atoms with Gasteiger partial charge in [0.15, 0.2) is 0 Å². The van der Waals surface area contributed by atoms with Gasteiger partial charge in [0.1, 0.15) is 18.2 Å². The van der Waals surface area contributed by atoms with Crippen molar-refractivity contribution in [2.75, 3.05) is 18.5 Å². The van der Waals surface area contributed by atoms with Crippen LogP contribution in [0.25, 0.3) is 10.9 Å². The van der Waals surface area contributed by atoms with Gasteiger partial charge in [-0.25, -0.2) is 0 Å². The van der Waals surface area contributed by atoms with Crippen molar-refractivity contribution >= 4 is 58.8 Å². The van der Waals surface area contributed by atoms with Gasteiger partial charge in [-0.3, -0.25) is 9.98 Å². The van der Waals surface area contributed by atoms with E-state index in [1.54, 1.807) is 6.20 Å². The van der Waals surface area contributed by atoms with Crippen LogP contribution in [-0.4, -0.2) is 30.0 Å². The van der Waals surface area contributed by atoms with E-state index in [1.165, 1.54) is 12.8 Å². The van der Waals surface area contributed by atoms with Crippen molar-refractivity contribution < 1.29 is 4.74 Å². The van der Waals surface area contributed by atoms with Crippen molar-refractivity contribution in [1.82, 2.24) is 4.98 Å². The van der Waals surface area contributed by atoms with Crippen molar-refractivity contribution in [3.8, 4) is 5.75 Å². The molecule has 31 heavy (non-hydrogen) atoms. The number of rotatable bonds is 7. The molecule has 0 amide bonds. The van der Waals surface area contributed by atoms with Gasteiger partial charge >= 0.3 is 0 Å². The summed E-state index contributed by atoms with van der Waals surface area (Å²) in [6.45, 7) is 1.22. The summed E-state index contributed by atoms with van der Waals surface area (Å²) in [6, 6.07) is 15.9. The molecule has 8 heteroatoms.